The van der Waals surface area contributed by atoms with Gasteiger partial charge in [-0.3, -0.25) is 4.98 Å². The monoisotopic (exact) mass is 427 g/mol. The van der Waals surface area contributed by atoms with Gasteiger partial charge in [0, 0.05) is 17.1 Å². The summed E-state index contributed by atoms with van der Waals surface area (Å²) in [7, 11) is 0. The SMILES string of the molecule is Cc1cc(C)cc(-c2nccc3c2ccc2cc(-c4ccc(C(F)(F)F)cc4)ccc23)c1. The van der Waals surface area contributed by atoms with Crippen LogP contribution >= 0.6 is 0 Å². The molecule has 0 amide bonds. The standard InChI is InChI=1S/C28H20F3N/c1-17-13-18(2)15-22(14-17)27-26-10-6-21-16-20(5-9-24(21)25(26)11-12-32-27)19-3-7-23(8-4-19)28(29,30)31/h3-16H,1-2H3. The van der Waals surface area contributed by atoms with E-state index in [1.165, 1.54) is 23.3 Å². The number of pyridine rings is 1. The van der Waals surface area contributed by atoms with Gasteiger partial charge in [0.1, 0.15) is 0 Å². The molecule has 0 unspecified atom stereocenters. The molecule has 0 spiro atoms. The third-order valence-electron chi connectivity index (χ3n) is 5.80. The number of aromatic nitrogens is 1. The van der Waals surface area contributed by atoms with Crippen molar-refractivity contribution in [3.8, 4) is 22.4 Å². The molecule has 5 aromatic rings. The van der Waals surface area contributed by atoms with Gasteiger partial charge in [-0.1, -0.05) is 53.6 Å². The Labute approximate surface area is 184 Å². The molecule has 0 radical (unpaired) electrons. The molecule has 0 N–H and O–H groups in total. The first-order valence-electron chi connectivity index (χ1n) is 10.4. The van der Waals surface area contributed by atoms with Crippen molar-refractivity contribution in [3.63, 3.8) is 0 Å². The molecule has 4 heteroatoms. The van der Waals surface area contributed by atoms with Gasteiger partial charge in [-0.2, -0.15) is 13.2 Å². The number of rotatable bonds is 2. The zero-order valence-corrected chi connectivity index (χ0v) is 17.7. The van der Waals surface area contributed by atoms with Crippen molar-refractivity contribution in [2.24, 2.45) is 0 Å². The first-order valence-corrected chi connectivity index (χ1v) is 10.4. The third kappa shape index (κ3) is 3.62. The molecule has 0 aliphatic rings. The van der Waals surface area contributed by atoms with Crippen LogP contribution in [0.25, 0.3) is 43.9 Å². The number of hydrogen-bond donors (Lipinski definition) is 0. The normalized spacial score (nSPS) is 11.9. The van der Waals surface area contributed by atoms with Crippen molar-refractivity contribution in [1.82, 2.24) is 4.98 Å². The number of nitrogens with zero attached hydrogens (tertiary/aromatic N) is 1. The highest BCUT2D eigenvalue weighted by Gasteiger charge is 2.29. The number of fused-ring (bicyclic) bond motifs is 3. The topological polar surface area (TPSA) is 12.9 Å². The fourth-order valence-corrected chi connectivity index (χ4v) is 4.37. The summed E-state index contributed by atoms with van der Waals surface area (Å²) in [5.74, 6) is 0. The van der Waals surface area contributed by atoms with Gasteiger partial charge in [-0.05, 0) is 77.5 Å². The summed E-state index contributed by atoms with van der Waals surface area (Å²) in [4.78, 5) is 4.67. The molecule has 0 bridgehead atoms. The Morgan fingerprint density at radius 1 is 0.594 bits per heavy atom. The van der Waals surface area contributed by atoms with Crippen LogP contribution in [-0.2, 0) is 6.18 Å². The summed E-state index contributed by atoms with van der Waals surface area (Å²) in [6.07, 6.45) is -2.50. The number of aryl methyl sites for hydroxylation is 2. The number of halogens is 3. The molecule has 0 saturated heterocycles. The Morgan fingerprint density at radius 3 is 1.94 bits per heavy atom. The van der Waals surface area contributed by atoms with E-state index >= 15 is 0 Å². The van der Waals surface area contributed by atoms with E-state index in [0.717, 1.165) is 56.1 Å². The van der Waals surface area contributed by atoms with Crippen molar-refractivity contribution in [1.29, 1.82) is 0 Å². The van der Waals surface area contributed by atoms with Crippen LogP contribution in [0.1, 0.15) is 16.7 Å². The quantitative estimate of drug-likeness (QED) is 0.258. The first-order chi connectivity index (χ1) is 15.3. The van der Waals surface area contributed by atoms with E-state index in [1.807, 2.05) is 30.5 Å². The van der Waals surface area contributed by atoms with Crippen molar-refractivity contribution in [3.05, 3.63) is 102 Å². The number of benzene rings is 4. The zero-order valence-electron chi connectivity index (χ0n) is 17.7. The molecule has 1 nitrogen and oxygen atoms in total. The minimum atomic E-state index is -4.33. The molecule has 5 rings (SSSR count). The van der Waals surface area contributed by atoms with Crippen molar-refractivity contribution in [2.75, 3.05) is 0 Å². The molecule has 158 valence electrons. The van der Waals surface area contributed by atoms with E-state index in [9.17, 15) is 13.2 Å². The fourth-order valence-electron chi connectivity index (χ4n) is 4.37. The van der Waals surface area contributed by atoms with Crippen molar-refractivity contribution < 1.29 is 13.2 Å². The minimum absolute atomic E-state index is 0.639. The second-order valence-electron chi connectivity index (χ2n) is 8.21. The van der Waals surface area contributed by atoms with Crippen molar-refractivity contribution in [2.45, 2.75) is 20.0 Å². The summed E-state index contributed by atoms with van der Waals surface area (Å²) >= 11 is 0. The average molecular weight is 427 g/mol. The van der Waals surface area contributed by atoms with Gasteiger partial charge >= 0.3 is 6.18 Å². The van der Waals surface area contributed by atoms with E-state index in [2.05, 4.69) is 49.2 Å². The van der Waals surface area contributed by atoms with Gasteiger partial charge in [0.15, 0.2) is 0 Å². The maximum atomic E-state index is 12.9. The molecular formula is C28H20F3N. The predicted molar refractivity (Wildman–Crippen MR) is 125 cm³/mol. The summed E-state index contributed by atoms with van der Waals surface area (Å²) in [6.45, 7) is 4.17. The number of alkyl halides is 3. The molecule has 0 fully saturated rings. The van der Waals surface area contributed by atoms with Crippen LogP contribution in [0.2, 0.25) is 0 Å². The lowest BCUT2D eigenvalue weighted by atomic mass is 9.95. The fraction of sp³-hybridized carbons (Fsp3) is 0.107. The van der Waals surface area contributed by atoms with E-state index < -0.39 is 11.7 Å². The summed E-state index contributed by atoms with van der Waals surface area (Å²) in [5.41, 5.74) is 5.43. The van der Waals surface area contributed by atoms with Crippen LogP contribution < -0.4 is 0 Å². The summed E-state index contributed by atoms with van der Waals surface area (Å²) in [5, 5.41) is 4.30. The number of hydrogen-bond acceptors (Lipinski definition) is 1. The molecule has 0 aliphatic carbocycles. The highest BCUT2D eigenvalue weighted by molar-refractivity contribution is 6.11. The van der Waals surface area contributed by atoms with Crippen LogP contribution in [0.5, 0.6) is 0 Å². The van der Waals surface area contributed by atoms with Gasteiger partial charge in [0.05, 0.1) is 11.3 Å². The molecule has 1 heterocycles. The van der Waals surface area contributed by atoms with E-state index in [-0.39, 0.29) is 0 Å². The molecule has 0 aliphatic heterocycles. The Balaban J connectivity index is 1.62. The summed E-state index contributed by atoms with van der Waals surface area (Å²) < 4.78 is 38.6. The van der Waals surface area contributed by atoms with Crippen molar-refractivity contribution >= 4 is 21.5 Å². The molecule has 0 saturated carbocycles. The zero-order chi connectivity index (χ0) is 22.5. The predicted octanol–water partition coefficient (Wildman–Crippen LogP) is 8.36. The molecule has 1 aromatic heterocycles. The lowest BCUT2D eigenvalue weighted by Gasteiger charge is -2.12. The molecule has 0 atom stereocenters. The molecule has 4 aromatic carbocycles. The first kappa shape index (κ1) is 20.3. The van der Waals surface area contributed by atoms with Crippen LogP contribution in [0.4, 0.5) is 13.2 Å². The van der Waals surface area contributed by atoms with Crippen LogP contribution in [0.3, 0.4) is 0 Å². The Kier molecular flexibility index (Phi) is 4.74. The minimum Gasteiger partial charge on any atom is -0.256 e. The lowest BCUT2D eigenvalue weighted by molar-refractivity contribution is -0.137. The average Bonchev–Trinajstić information content (AvgIpc) is 2.77. The Bertz CT molecular complexity index is 1440. The maximum Gasteiger partial charge on any atom is 0.416 e. The van der Waals surface area contributed by atoms with Crippen LogP contribution in [-0.4, -0.2) is 4.98 Å². The lowest BCUT2D eigenvalue weighted by Crippen LogP contribution is -2.03. The highest BCUT2D eigenvalue weighted by atomic mass is 19.4. The smallest absolute Gasteiger partial charge is 0.256 e. The third-order valence-corrected chi connectivity index (χ3v) is 5.80. The second-order valence-corrected chi connectivity index (χ2v) is 8.21. The van der Waals surface area contributed by atoms with Gasteiger partial charge in [0.2, 0.25) is 0 Å². The second kappa shape index (κ2) is 7.49. The Hall–Kier alpha value is -3.66. The van der Waals surface area contributed by atoms with E-state index in [4.69, 9.17) is 0 Å². The largest absolute Gasteiger partial charge is 0.416 e. The van der Waals surface area contributed by atoms with Gasteiger partial charge in [-0.15, -0.1) is 0 Å². The van der Waals surface area contributed by atoms with Crippen LogP contribution in [0, 0.1) is 13.8 Å². The molecule has 32 heavy (non-hydrogen) atoms. The van der Waals surface area contributed by atoms with Gasteiger partial charge < -0.3 is 0 Å². The summed E-state index contributed by atoms with van der Waals surface area (Å²) in [6, 6.07) is 23.9. The van der Waals surface area contributed by atoms with Crippen LogP contribution in [0.15, 0.2) is 85.1 Å². The van der Waals surface area contributed by atoms with Gasteiger partial charge in [0.25, 0.3) is 0 Å². The molecular weight excluding hydrogens is 407 g/mol. The van der Waals surface area contributed by atoms with E-state index in [0.29, 0.717) is 0 Å². The van der Waals surface area contributed by atoms with E-state index in [1.54, 1.807) is 0 Å². The highest BCUT2D eigenvalue weighted by Crippen LogP contribution is 2.35. The van der Waals surface area contributed by atoms with Gasteiger partial charge in [-0.25, -0.2) is 0 Å². The maximum absolute atomic E-state index is 12.9. The Morgan fingerprint density at radius 2 is 1.25 bits per heavy atom.